The summed E-state index contributed by atoms with van der Waals surface area (Å²) in [6.45, 7) is 5.72. The van der Waals surface area contributed by atoms with Crippen LogP contribution in [0.2, 0.25) is 0 Å². The summed E-state index contributed by atoms with van der Waals surface area (Å²) < 4.78 is 5.46. The average molecular weight is 249 g/mol. The standard InChI is InChI=1S/C11H15N5O2/c1-6(2)10-15-16-11(18-10)7(3)14-9(17)8-4-12-13-5-8/h4-7H,1-3H3,(H,12,13)(H,14,17)/t7-/m0/s1. The third-order valence-corrected chi connectivity index (χ3v) is 2.43. The van der Waals surface area contributed by atoms with Crippen LogP contribution in [0.5, 0.6) is 0 Å². The van der Waals surface area contributed by atoms with Gasteiger partial charge < -0.3 is 9.73 Å². The lowest BCUT2D eigenvalue weighted by Gasteiger charge is -2.08. The molecule has 0 saturated heterocycles. The van der Waals surface area contributed by atoms with Gasteiger partial charge in [0.2, 0.25) is 11.8 Å². The summed E-state index contributed by atoms with van der Waals surface area (Å²) in [4.78, 5) is 11.8. The molecule has 0 aromatic carbocycles. The first-order valence-electron chi connectivity index (χ1n) is 5.71. The number of amides is 1. The molecule has 0 spiro atoms. The Morgan fingerprint density at radius 2 is 2.06 bits per heavy atom. The average Bonchev–Trinajstić information content (AvgIpc) is 3.00. The maximum atomic E-state index is 11.8. The largest absolute Gasteiger partial charge is 0.423 e. The van der Waals surface area contributed by atoms with Crippen molar-refractivity contribution in [2.24, 2.45) is 0 Å². The van der Waals surface area contributed by atoms with Crippen LogP contribution in [0.1, 0.15) is 54.9 Å². The maximum Gasteiger partial charge on any atom is 0.255 e. The first-order chi connectivity index (χ1) is 8.58. The Balaban J connectivity index is 2.03. The minimum atomic E-state index is -0.340. The zero-order valence-corrected chi connectivity index (χ0v) is 10.5. The lowest BCUT2D eigenvalue weighted by Crippen LogP contribution is -2.26. The van der Waals surface area contributed by atoms with Crippen LogP contribution in [-0.4, -0.2) is 26.3 Å². The molecule has 2 heterocycles. The number of H-pyrrole nitrogens is 1. The van der Waals surface area contributed by atoms with E-state index in [2.05, 4.69) is 25.7 Å². The molecule has 0 radical (unpaired) electrons. The summed E-state index contributed by atoms with van der Waals surface area (Å²) in [6.07, 6.45) is 2.98. The van der Waals surface area contributed by atoms with Gasteiger partial charge in [0, 0.05) is 12.1 Å². The number of aromatic amines is 1. The van der Waals surface area contributed by atoms with Crippen LogP contribution >= 0.6 is 0 Å². The number of nitrogens with zero attached hydrogens (tertiary/aromatic N) is 3. The predicted octanol–water partition coefficient (Wildman–Crippen LogP) is 1.41. The highest BCUT2D eigenvalue weighted by atomic mass is 16.4. The lowest BCUT2D eigenvalue weighted by atomic mass is 10.2. The number of carbonyl (C=O) groups excluding carboxylic acids is 1. The number of hydrogen-bond acceptors (Lipinski definition) is 5. The Hall–Kier alpha value is -2.18. The maximum absolute atomic E-state index is 11.8. The van der Waals surface area contributed by atoms with E-state index in [4.69, 9.17) is 4.42 Å². The second-order valence-corrected chi connectivity index (χ2v) is 4.32. The van der Waals surface area contributed by atoms with Crippen LogP contribution in [-0.2, 0) is 0 Å². The van der Waals surface area contributed by atoms with Gasteiger partial charge in [-0.1, -0.05) is 13.8 Å². The van der Waals surface area contributed by atoms with Crippen molar-refractivity contribution in [3.05, 3.63) is 29.7 Å². The molecule has 2 rings (SSSR count). The highest BCUT2D eigenvalue weighted by Gasteiger charge is 2.18. The Morgan fingerprint density at radius 1 is 1.33 bits per heavy atom. The van der Waals surface area contributed by atoms with Crippen LogP contribution in [0.25, 0.3) is 0 Å². The van der Waals surface area contributed by atoms with Crippen LogP contribution in [0.3, 0.4) is 0 Å². The molecule has 0 saturated carbocycles. The molecule has 1 atom stereocenters. The predicted molar refractivity (Wildman–Crippen MR) is 62.9 cm³/mol. The van der Waals surface area contributed by atoms with Gasteiger partial charge in [0.25, 0.3) is 5.91 Å². The van der Waals surface area contributed by atoms with E-state index in [1.165, 1.54) is 12.4 Å². The van der Waals surface area contributed by atoms with E-state index >= 15 is 0 Å². The monoisotopic (exact) mass is 249 g/mol. The van der Waals surface area contributed by atoms with E-state index in [0.29, 0.717) is 17.3 Å². The van der Waals surface area contributed by atoms with Crippen molar-refractivity contribution in [1.29, 1.82) is 0 Å². The van der Waals surface area contributed by atoms with Gasteiger partial charge in [0.15, 0.2) is 0 Å². The van der Waals surface area contributed by atoms with E-state index in [1.807, 2.05) is 13.8 Å². The van der Waals surface area contributed by atoms with Crippen molar-refractivity contribution in [3.8, 4) is 0 Å². The van der Waals surface area contributed by atoms with Gasteiger partial charge in [0.1, 0.15) is 6.04 Å². The minimum absolute atomic E-state index is 0.169. The van der Waals surface area contributed by atoms with E-state index in [1.54, 1.807) is 6.92 Å². The van der Waals surface area contributed by atoms with Gasteiger partial charge in [-0.3, -0.25) is 9.89 Å². The molecule has 7 heteroatoms. The van der Waals surface area contributed by atoms with Crippen LogP contribution < -0.4 is 5.32 Å². The minimum Gasteiger partial charge on any atom is -0.423 e. The van der Waals surface area contributed by atoms with Crippen molar-refractivity contribution in [3.63, 3.8) is 0 Å². The highest BCUT2D eigenvalue weighted by Crippen LogP contribution is 2.16. The number of aromatic nitrogens is 4. The van der Waals surface area contributed by atoms with Gasteiger partial charge in [-0.2, -0.15) is 5.10 Å². The van der Waals surface area contributed by atoms with Crippen molar-refractivity contribution in [2.45, 2.75) is 32.7 Å². The quantitative estimate of drug-likeness (QED) is 0.853. The Labute approximate surface area is 104 Å². The fraction of sp³-hybridized carbons (Fsp3) is 0.455. The summed E-state index contributed by atoms with van der Waals surface area (Å²) in [7, 11) is 0. The van der Waals surface area contributed by atoms with Gasteiger partial charge in [-0.05, 0) is 6.92 Å². The highest BCUT2D eigenvalue weighted by molar-refractivity contribution is 5.93. The molecule has 0 aliphatic carbocycles. The van der Waals surface area contributed by atoms with Crippen LogP contribution in [0.4, 0.5) is 0 Å². The zero-order valence-electron chi connectivity index (χ0n) is 10.5. The zero-order chi connectivity index (χ0) is 13.1. The summed E-state index contributed by atoms with van der Waals surface area (Å²) in [5.74, 6) is 0.897. The van der Waals surface area contributed by atoms with Crippen LogP contribution in [0, 0.1) is 0 Å². The molecule has 7 nitrogen and oxygen atoms in total. The molecule has 2 aromatic rings. The first kappa shape index (κ1) is 12.3. The first-order valence-corrected chi connectivity index (χ1v) is 5.71. The second kappa shape index (κ2) is 4.99. The summed E-state index contributed by atoms with van der Waals surface area (Å²) in [5, 5.41) is 16.9. The molecule has 0 unspecified atom stereocenters. The number of hydrogen-bond donors (Lipinski definition) is 2. The lowest BCUT2D eigenvalue weighted by molar-refractivity contribution is 0.0934. The molecule has 18 heavy (non-hydrogen) atoms. The Bertz CT molecular complexity index is 517. The van der Waals surface area contributed by atoms with Gasteiger partial charge in [-0.25, -0.2) is 0 Å². The molecule has 2 N–H and O–H groups in total. The molecule has 1 amide bonds. The topological polar surface area (TPSA) is 96.7 Å². The normalized spacial score (nSPS) is 12.7. The molecular formula is C11H15N5O2. The van der Waals surface area contributed by atoms with E-state index in [0.717, 1.165) is 0 Å². The van der Waals surface area contributed by atoms with E-state index in [-0.39, 0.29) is 17.9 Å². The molecule has 0 fully saturated rings. The third-order valence-electron chi connectivity index (χ3n) is 2.43. The Kier molecular flexibility index (Phi) is 3.40. The molecule has 0 aliphatic heterocycles. The summed E-state index contributed by atoms with van der Waals surface area (Å²) in [6, 6.07) is -0.340. The molecule has 0 bridgehead atoms. The summed E-state index contributed by atoms with van der Waals surface area (Å²) in [5.41, 5.74) is 0.463. The fourth-order valence-corrected chi connectivity index (χ4v) is 1.37. The van der Waals surface area contributed by atoms with Gasteiger partial charge in [0.05, 0.1) is 11.8 Å². The van der Waals surface area contributed by atoms with E-state index in [9.17, 15) is 4.79 Å². The number of rotatable bonds is 4. The van der Waals surface area contributed by atoms with Crippen molar-refractivity contribution >= 4 is 5.91 Å². The smallest absolute Gasteiger partial charge is 0.255 e. The SMILES string of the molecule is CC(C)c1nnc([C@H](C)NC(=O)c2cn[nH]c2)o1. The van der Waals surface area contributed by atoms with Crippen LogP contribution in [0.15, 0.2) is 16.8 Å². The molecule has 96 valence electrons. The molecule has 0 aliphatic rings. The number of carbonyl (C=O) groups is 1. The third kappa shape index (κ3) is 2.55. The second-order valence-electron chi connectivity index (χ2n) is 4.32. The van der Waals surface area contributed by atoms with Gasteiger partial charge in [-0.15, -0.1) is 10.2 Å². The molecule has 2 aromatic heterocycles. The fourth-order valence-electron chi connectivity index (χ4n) is 1.37. The van der Waals surface area contributed by atoms with E-state index < -0.39 is 0 Å². The summed E-state index contributed by atoms with van der Waals surface area (Å²) >= 11 is 0. The van der Waals surface area contributed by atoms with Crippen molar-refractivity contribution in [1.82, 2.24) is 25.7 Å². The number of nitrogens with one attached hydrogen (secondary N) is 2. The van der Waals surface area contributed by atoms with Crippen molar-refractivity contribution in [2.75, 3.05) is 0 Å². The van der Waals surface area contributed by atoms with Crippen molar-refractivity contribution < 1.29 is 9.21 Å². The molecular weight excluding hydrogens is 234 g/mol. The van der Waals surface area contributed by atoms with Gasteiger partial charge >= 0.3 is 0 Å². The Morgan fingerprint density at radius 3 is 2.61 bits per heavy atom.